The van der Waals surface area contributed by atoms with E-state index in [2.05, 4.69) is 9.89 Å². The van der Waals surface area contributed by atoms with Gasteiger partial charge in [-0.05, 0) is 55.7 Å². The molecule has 0 aliphatic carbocycles. The molecule has 2 aromatic carbocycles. The van der Waals surface area contributed by atoms with Crippen molar-refractivity contribution in [2.75, 3.05) is 24.6 Å². The Kier molecular flexibility index (Phi) is 5.43. The maximum absolute atomic E-state index is 14.3. The molecule has 0 unspecified atom stereocenters. The van der Waals surface area contributed by atoms with Crippen molar-refractivity contribution in [3.05, 3.63) is 59.4 Å². The highest BCUT2D eigenvalue weighted by Crippen LogP contribution is 2.24. The van der Waals surface area contributed by atoms with Gasteiger partial charge in [-0.3, -0.25) is 4.99 Å². The maximum atomic E-state index is 14.3. The molecule has 0 saturated carbocycles. The summed E-state index contributed by atoms with van der Waals surface area (Å²) >= 11 is 0. The third-order valence-electron chi connectivity index (χ3n) is 4.14. The zero-order chi connectivity index (χ0) is 17.6. The van der Waals surface area contributed by atoms with E-state index in [0.29, 0.717) is 29.1 Å². The second-order valence-corrected chi connectivity index (χ2v) is 5.93. The van der Waals surface area contributed by atoms with E-state index in [-0.39, 0.29) is 11.8 Å². The normalized spacial score (nSPS) is 14.2. The minimum Gasteiger partial charge on any atom is -0.462 e. The summed E-state index contributed by atoms with van der Waals surface area (Å²) in [6.45, 7) is 3.91. The van der Waals surface area contributed by atoms with Gasteiger partial charge in [0.15, 0.2) is 0 Å². The molecule has 0 bridgehead atoms. The highest BCUT2D eigenvalue weighted by atomic mass is 19.1. The van der Waals surface area contributed by atoms with E-state index < -0.39 is 0 Å². The highest BCUT2D eigenvalue weighted by molar-refractivity contribution is 5.91. The van der Waals surface area contributed by atoms with Crippen molar-refractivity contribution in [2.45, 2.75) is 19.8 Å². The number of esters is 1. The second-order valence-electron chi connectivity index (χ2n) is 5.93. The number of carbonyl (C=O) groups excluding carboxylic acids is 1. The van der Waals surface area contributed by atoms with Crippen LogP contribution in [-0.4, -0.2) is 31.9 Å². The number of carbonyl (C=O) groups is 1. The van der Waals surface area contributed by atoms with E-state index in [0.717, 1.165) is 25.9 Å². The van der Waals surface area contributed by atoms with Crippen molar-refractivity contribution >= 4 is 23.6 Å². The van der Waals surface area contributed by atoms with E-state index in [1.54, 1.807) is 43.5 Å². The van der Waals surface area contributed by atoms with Crippen LogP contribution in [-0.2, 0) is 4.74 Å². The Morgan fingerprint density at radius 2 is 2.04 bits per heavy atom. The van der Waals surface area contributed by atoms with Gasteiger partial charge in [-0.25, -0.2) is 9.18 Å². The van der Waals surface area contributed by atoms with Gasteiger partial charge in [-0.1, -0.05) is 12.1 Å². The lowest BCUT2D eigenvalue weighted by molar-refractivity contribution is 0.0526. The van der Waals surface area contributed by atoms with E-state index in [4.69, 9.17) is 4.74 Å². The molecule has 5 heteroatoms. The molecule has 0 N–H and O–H groups in total. The number of anilines is 1. The van der Waals surface area contributed by atoms with Gasteiger partial charge < -0.3 is 9.64 Å². The number of aliphatic imine (C=N–C) groups is 1. The van der Waals surface area contributed by atoms with Crippen molar-refractivity contribution in [1.82, 2.24) is 0 Å². The van der Waals surface area contributed by atoms with Crippen molar-refractivity contribution in [2.24, 2.45) is 4.99 Å². The minimum absolute atomic E-state index is 0.230. The molecule has 0 atom stereocenters. The molecule has 25 heavy (non-hydrogen) atoms. The number of hydrogen-bond acceptors (Lipinski definition) is 4. The monoisotopic (exact) mass is 340 g/mol. The molecule has 0 aromatic heterocycles. The standard InChI is InChI=1S/C20H21FN2O2/c1-2-25-20(24)16-6-5-7-17(13-16)22-14-15-8-9-19(18(21)12-15)23-10-3-4-11-23/h5-9,12-14H,2-4,10-11H2,1H3. The summed E-state index contributed by atoms with van der Waals surface area (Å²) in [5, 5.41) is 0. The summed E-state index contributed by atoms with van der Waals surface area (Å²) in [4.78, 5) is 18.2. The molecular weight excluding hydrogens is 319 g/mol. The molecule has 0 amide bonds. The first kappa shape index (κ1) is 17.1. The minimum atomic E-state index is -0.374. The number of ether oxygens (including phenoxy) is 1. The maximum Gasteiger partial charge on any atom is 0.338 e. The number of benzene rings is 2. The second kappa shape index (κ2) is 7.92. The van der Waals surface area contributed by atoms with Crippen LogP contribution >= 0.6 is 0 Å². The number of halogens is 1. The first-order valence-electron chi connectivity index (χ1n) is 8.53. The van der Waals surface area contributed by atoms with Gasteiger partial charge in [-0.2, -0.15) is 0 Å². The quantitative estimate of drug-likeness (QED) is 0.600. The van der Waals surface area contributed by atoms with Crippen molar-refractivity contribution < 1.29 is 13.9 Å². The molecule has 0 radical (unpaired) electrons. The van der Waals surface area contributed by atoms with Crippen LogP contribution in [0.25, 0.3) is 0 Å². The van der Waals surface area contributed by atoms with Crippen molar-refractivity contribution in [1.29, 1.82) is 0 Å². The Labute approximate surface area is 146 Å². The third kappa shape index (κ3) is 4.24. The largest absolute Gasteiger partial charge is 0.462 e. The van der Waals surface area contributed by atoms with Gasteiger partial charge in [0.05, 0.1) is 23.5 Å². The Hall–Kier alpha value is -2.69. The molecule has 1 heterocycles. The summed E-state index contributed by atoms with van der Waals surface area (Å²) in [7, 11) is 0. The lowest BCUT2D eigenvalue weighted by atomic mass is 10.2. The topological polar surface area (TPSA) is 41.9 Å². The first-order chi connectivity index (χ1) is 12.2. The first-order valence-corrected chi connectivity index (χ1v) is 8.53. The lowest BCUT2D eigenvalue weighted by Gasteiger charge is -2.18. The fraction of sp³-hybridized carbons (Fsp3) is 0.300. The van der Waals surface area contributed by atoms with Gasteiger partial charge in [0.1, 0.15) is 5.82 Å². The molecule has 3 rings (SSSR count). The van der Waals surface area contributed by atoms with Crippen LogP contribution in [0, 0.1) is 5.82 Å². The lowest BCUT2D eigenvalue weighted by Crippen LogP contribution is -2.18. The molecule has 4 nitrogen and oxygen atoms in total. The molecule has 1 fully saturated rings. The van der Waals surface area contributed by atoms with Gasteiger partial charge >= 0.3 is 5.97 Å². The summed E-state index contributed by atoms with van der Waals surface area (Å²) in [6, 6.07) is 12.0. The summed E-state index contributed by atoms with van der Waals surface area (Å²) in [5.74, 6) is -0.605. The van der Waals surface area contributed by atoms with Crippen LogP contribution in [0.15, 0.2) is 47.5 Å². The SMILES string of the molecule is CCOC(=O)c1cccc(N=Cc2ccc(N3CCCC3)c(F)c2)c1. The molecular formula is C20H21FN2O2. The Bertz CT molecular complexity index is 783. The highest BCUT2D eigenvalue weighted by Gasteiger charge is 2.15. The van der Waals surface area contributed by atoms with Gasteiger partial charge in [0.25, 0.3) is 0 Å². The predicted molar refractivity (Wildman–Crippen MR) is 97.5 cm³/mol. The molecule has 2 aromatic rings. The van der Waals surface area contributed by atoms with Crippen LogP contribution < -0.4 is 4.90 Å². The van der Waals surface area contributed by atoms with Crippen LogP contribution in [0.5, 0.6) is 0 Å². The van der Waals surface area contributed by atoms with Gasteiger partial charge in [0, 0.05) is 19.3 Å². The van der Waals surface area contributed by atoms with E-state index >= 15 is 0 Å². The fourth-order valence-corrected chi connectivity index (χ4v) is 2.89. The Morgan fingerprint density at radius 1 is 1.24 bits per heavy atom. The van der Waals surface area contributed by atoms with Crippen LogP contribution in [0.4, 0.5) is 15.8 Å². The van der Waals surface area contributed by atoms with Crippen LogP contribution in [0.1, 0.15) is 35.7 Å². The molecule has 1 aliphatic rings. The fourth-order valence-electron chi connectivity index (χ4n) is 2.89. The Morgan fingerprint density at radius 3 is 2.76 bits per heavy atom. The van der Waals surface area contributed by atoms with Crippen molar-refractivity contribution in [3.63, 3.8) is 0 Å². The summed E-state index contributed by atoms with van der Waals surface area (Å²) in [5.41, 5.74) is 2.41. The summed E-state index contributed by atoms with van der Waals surface area (Å²) < 4.78 is 19.3. The zero-order valence-electron chi connectivity index (χ0n) is 14.2. The predicted octanol–water partition coefficient (Wildman–Crippen LogP) is 4.35. The average Bonchev–Trinajstić information content (AvgIpc) is 3.15. The van der Waals surface area contributed by atoms with E-state index in [1.807, 2.05) is 6.07 Å². The van der Waals surface area contributed by atoms with E-state index in [1.165, 1.54) is 6.07 Å². The smallest absolute Gasteiger partial charge is 0.338 e. The number of rotatable bonds is 5. The molecule has 130 valence electrons. The van der Waals surface area contributed by atoms with E-state index in [9.17, 15) is 9.18 Å². The number of nitrogens with zero attached hydrogens (tertiary/aromatic N) is 2. The molecule has 1 saturated heterocycles. The van der Waals surface area contributed by atoms with Crippen molar-refractivity contribution in [3.8, 4) is 0 Å². The van der Waals surface area contributed by atoms with Gasteiger partial charge in [0.2, 0.25) is 0 Å². The zero-order valence-corrected chi connectivity index (χ0v) is 14.2. The third-order valence-corrected chi connectivity index (χ3v) is 4.14. The molecule has 1 aliphatic heterocycles. The summed E-state index contributed by atoms with van der Waals surface area (Å²) in [6.07, 6.45) is 3.82. The Balaban J connectivity index is 1.74. The molecule has 0 spiro atoms. The average molecular weight is 340 g/mol. The van der Waals surface area contributed by atoms with Gasteiger partial charge in [-0.15, -0.1) is 0 Å². The number of hydrogen-bond donors (Lipinski definition) is 0. The van der Waals surface area contributed by atoms with Crippen LogP contribution in [0.3, 0.4) is 0 Å². The van der Waals surface area contributed by atoms with Crippen LogP contribution in [0.2, 0.25) is 0 Å².